The van der Waals surface area contributed by atoms with Crippen LogP contribution in [0.25, 0.3) is 0 Å². The first kappa shape index (κ1) is 10.6. The molecule has 0 bridgehead atoms. The van der Waals surface area contributed by atoms with Crippen molar-refractivity contribution >= 4 is 9.05 Å². The molecule has 0 spiro atoms. The summed E-state index contributed by atoms with van der Waals surface area (Å²) in [5.74, 6) is 0.516. The monoisotopic (exact) mass is 178 g/mol. The maximum absolute atomic E-state index is 5.16. The van der Waals surface area contributed by atoms with Crippen LogP contribution in [0.4, 0.5) is 0 Å². The minimum atomic E-state index is -2.88. The predicted octanol–water partition coefficient (Wildman–Crippen LogP) is 0.911. The van der Waals surface area contributed by atoms with Crippen molar-refractivity contribution in [1.82, 2.24) is 0 Å². The molecule has 0 rings (SSSR count). The summed E-state index contributed by atoms with van der Waals surface area (Å²) in [5, 5.41) is 0. The second kappa shape index (κ2) is 4.50. The molecule has 66 valence electrons. The smallest absolute Gasteiger partial charge is 0.485 e. The SMILES string of the molecule is C=C(C)O[Si](OC)(OC)OC. The van der Waals surface area contributed by atoms with Crippen molar-refractivity contribution in [2.24, 2.45) is 0 Å². The Morgan fingerprint density at radius 1 is 1.09 bits per heavy atom. The Bertz CT molecular complexity index is 124. The molecule has 0 unspecified atom stereocenters. The van der Waals surface area contributed by atoms with E-state index in [-0.39, 0.29) is 0 Å². The van der Waals surface area contributed by atoms with E-state index in [1.807, 2.05) is 0 Å². The molecule has 0 aromatic carbocycles. The number of hydrogen-bond donors (Lipinski definition) is 0. The minimum Gasteiger partial charge on any atom is -0.485 e. The third kappa shape index (κ3) is 3.02. The van der Waals surface area contributed by atoms with Crippen LogP contribution in [-0.2, 0) is 17.7 Å². The lowest BCUT2D eigenvalue weighted by Crippen LogP contribution is -2.45. The maximum Gasteiger partial charge on any atom is 0.748 e. The highest BCUT2D eigenvalue weighted by Gasteiger charge is 2.44. The summed E-state index contributed by atoms with van der Waals surface area (Å²) in [5.41, 5.74) is 0. The molecule has 0 aliphatic heterocycles. The average Bonchev–Trinajstić information content (AvgIpc) is 2.00. The van der Waals surface area contributed by atoms with Crippen molar-refractivity contribution < 1.29 is 17.7 Å². The fourth-order valence-corrected chi connectivity index (χ4v) is 1.77. The summed E-state index contributed by atoms with van der Waals surface area (Å²) in [4.78, 5) is 0. The summed E-state index contributed by atoms with van der Waals surface area (Å²) in [6.07, 6.45) is 0. The predicted molar refractivity (Wildman–Crippen MR) is 42.7 cm³/mol. The largest absolute Gasteiger partial charge is 0.748 e. The Morgan fingerprint density at radius 3 is 1.55 bits per heavy atom. The number of hydrogen-bond acceptors (Lipinski definition) is 4. The lowest BCUT2D eigenvalue weighted by atomic mass is 10.7. The molecule has 0 radical (unpaired) electrons. The van der Waals surface area contributed by atoms with Crippen LogP contribution in [0.1, 0.15) is 6.92 Å². The second-order valence-electron chi connectivity index (χ2n) is 1.92. The van der Waals surface area contributed by atoms with Crippen molar-refractivity contribution in [2.45, 2.75) is 6.92 Å². The number of allylic oxidation sites excluding steroid dienone is 1. The first-order valence-electron chi connectivity index (χ1n) is 3.10. The van der Waals surface area contributed by atoms with Crippen LogP contribution < -0.4 is 0 Å². The van der Waals surface area contributed by atoms with E-state index >= 15 is 0 Å². The minimum absolute atomic E-state index is 0.516. The molecule has 11 heavy (non-hydrogen) atoms. The molecule has 0 heterocycles. The van der Waals surface area contributed by atoms with Crippen LogP contribution in [-0.4, -0.2) is 30.4 Å². The molecule has 0 saturated carbocycles. The highest BCUT2D eigenvalue weighted by molar-refractivity contribution is 6.53. The topological polar surface area (TPSA) is 36.9 Å². The van der Waals surface area contributed by atoms with E-state index in [0.717, 1.165) is 0 Å². The average molecular weight is 178 g/mol. The summed E-state index contributed by atoms with van der Waals surface area (Å²) >= 11 is 0. The summed E-state index contributed by atoms with van der Waals surface area (Å²) in [7, 11) is 1.54. The molecule has 0 amide bonds. The van der Waals surface area contributed by atoms with Gasteiger partial charge in [-0.1, -0.05) is 6.58 Å². The van der Waals surface area contributed by atoms with Crippen LogP contribution in [0.5, 0.6) is 0 Å². The Hall–Kier alpha value is -0.363. The Morgan fingerprint density at radius 2 is 1.45 bits per heavy atom. The third-order valence-corrected chi connectivity index (χ3v) is 3.15. The fourth-order valence-electron chi connectivity index (χ4n) is 0.588. The van der Waals surface area contributed by atoms with E-state index in [1.54, 1.807) is 6.92 Å². The third-order valence-electron chi connectivity index (χ3n) is 1.05. The van der Waals surface area contributed by atoms with Gasteiger partial charge in [0.2, 0.25) is 0 Å². The fraction of sp³-hybridized carbons (Fsp3) is 0.667. The van der Waals surface area contributed by atoms with Gasteiger partial charge in [-0.05, 0) is 6.92 Å². The first-order chi connectivity index (χ1) is 5.10. The van der Waals surface area contributed by atoms with Gasteiger partial charge in [0.1, 0.15) is 0 Å². The van der Waals surface area contributed by atoms with Crippen LogP contribution in [0.15, 0.2) is 12.3 Å². The van der Waals surface area contributed by atoms with Gasteiger partial charge in [-0.15, -0.1) is 0 Å². The highest BCUT2D eigenvalue weighted by Crippen LogP contribution is 2.11. The van der Waals surface area contributed by atoms with E-state index in [2.05, 4.69) is 6.58 Å². The molecule has 0 aromatic rings. The van der Waals surface area contributed by atoms with Gasteiger partial charge in [-0.2, -0.15) is 0 Å². The van der Waals surface area contributed by atoms with E-state index in [4.69, 9.17) is 17.7 Å². The Balaban J connectivity index is 4.16. The maximum atomic E-state index is 5.16. The molecular weight excluding hydrogens is 164 g/mol. The van der Waals surface area contributed by atoms with Crippen LogP contribution in [0.3, 0.4) is 0 Å². The van der Waals surface area contributed by atoms with Crippen molar-refractivity contribution in [1.29, 1.82) is 0 Å². The zero-order valence-electron chi connectivity index (χ0n) is 7.34. The first-order valence-corrected chi connectivity index (χ1v) is 4.73. The van der Waals surface area contributed by atoms with Crippen LogP contribution in [0.2, 0.25) is 0 Å². The normalized spacial score (nSPS) is 11.3. The molecular formula is C6H14O4Si. The molecule has 0 saturated heterocycles. The van der Waals surface area contributed by atoms with Crippen molar-refractivity contribution in [3.05, 3.63) is 12.3 Å². The van der Waals surface area contributed by atoms with Gasteiger partial charge >= 0.3 is 9.05 Å². The Kier molecular flexibility index (Phi) is 4.35. The van der Waals surface area contributed by atoms with Gasteiger partial charge < -0.3 is 17.7 Å². The zero-order chi connectivity index (χ0) is 8.91. The number of rotatable bonds is 5. The van der Waals surface area contributed by atoms with Crippen LogP contribution >= 0.6 is 0 Å². The summed E-state index contributed by atoms with van der Waals surface area (Å²) in [6.45, 7) is 5.26. The van der Waals surface area contributed by atoms with E-state index in [1.165, 1.54) is 21.3 Å². The van der Waals surface area contributed by atoms with Gasteiger partial charge in [0.15, 0.2) is 0 Å². The molecule has 5 heteroatoms. The van der Waals surface area contributed by atoms with Crippen LogP contribution in [0, 0.1) is 0 Å². The van der Waals surface area contributed by atoms with Crippen molar-refractivity contribution in [3.8, 4) is 0 Å². The van der Waals surface area contributed by atoms with Gasteiger partial charge in [0.05, 0.1) is 5.76 Å². The lowest BCUT2D eigenvalue weighted by Gasteiger charge is -2.23. The summed E-state index contributed by atoms with van der Waals surface area (Å²) in [6, 6.07) is 0. The van der Waals surface area contributed by atoms with Gasteiger partial charge in [-0.3, -0.25) is 0 Å². The van der Waals surface area contributed by atoms with Crippen molar-refractivity contribution in [2.75, 3.05) is 21.3 Å². The standard InChI is InChI=1S/C6H14O4Si/c1-6(2)10-11(7-3,8-4)9-5/h1H2,2-5H3. The highest BCUT2D eigenvalue weighted by atomic mass is 28.4. The molecule has 0 aliphatic rings. The van der Waals surface area contributed by atoms with Gasteiger partial charge in [-0.25, -0.2) is 0 Å². The van der Waals surface area contributed by atoms with Gasteiger partial charge in [0, 0.05) is 21.3 Å². The van der Waals surface area contributed by atoms with E-state index in [0.29, 0.717) is 5.76 Å². The van der Waals surface area contributed by atoms with Crippen molar-refractivity contribution in [3.63, 3.8) is 0 Å². The molecule has 0 N–H and O–H groups in total. The Labute approximate surface area is 68.2 Å². The van der Waals surface area contributed by atoms with Gasteiger partial charge in [0.25, 0.3) is 0 Å². The molecule has 0 aliphatic carbocycles. The quantitative estimate of drug-likeness (QED) is 0.463. The van der Waals surface area contributed by atoms with E-state index < -0.39 is 9.05 Å². The molecule has 0 aromatic heterocycles. The second-order valence-corrected chi connectivity index (χ2v) is 4.35. The lowest BCUT2D eigenvalue weighted by molar-refractivity contribution is 0.0279. The summed E-state index contributed by atoms with van der Waals surface area (Å²) < 4.78 is 20.0. The molecule has 4 nitrogen and oxygen atoms in total. The van der Waals surface area contributed by atoms with E-state index in [9.17, 15) is 0 Å². The molecule has 0 fully saturated rings. The zero-order valence-corrected chi connectivity index (χ0v) is 8.34. The molecule has 0 atom stereocenters.